The number of hydrogen-bond donors (Lipinski definition) is 2. The molecule has 0 aromatic heterocycles. The molecule has 0 saturated carbocycles. The van der Waals surface area contributed by atoms with Gasteiger partial charge in [-0.1, -0.05) is 18.2 Å². The van der Waals surface area contributed by atoms with E-state index in [1.54, 1.807) is 31.2 Å². The van der Waals surface area contributed by atoms with Crippen LogP contribution < -0.4 is 5.43 Å². The third-order valence-corrected chi connectivity index (χ3v) is 2.62. The minimum absolute atomic E-state index is 0.125. The molecule has 2 aromatic rings. The third kappa shape index (κ3) is 3.41. The van der Waals surface area contributed by atoms with Crippen molar-refractivity contribution in [3.8, 4) is 0 Å². The monoisotopic (exact) mass is 272 g/mol. The smallest absolute Gasteiger partial charge is 0.337 e. The fraction of sp³-hybridized carbons (Fsp3) is 0.0667. The number of aryl methyl sites for hydroxylation is 1. The van der Waals surface area contributed by atoms with Crippen LogP contribution in [0.15, 0.2) is 47.6 Å². The van der Waals surface area contributed by atoms with E-state index >= 15 is 0 Å². The number of nitrogens with zero attached hydrogens (tertiary/aromatic N) is 1. The Morgan fingerprint density at radius 2 is 2.05 bits per heavy atom. The normalized spacial score (nSPS) is 10.7. The number of halogens is 1. The van der Waals surface area contributed by atoms with Gasteiger partial charge in [0.1, 0.15) is 5.82 Å². The number of rotatable bonds is 4. The van der Waals surface area contributed by atoms with E-state index < -0.39 is 5.97 Å². The Balaban J connectivity index is 2.16. The van der Waals surface area contributed by atoms with Crippen molar-refractivity contribution in [2.75, 3.05) is 5.43 Å². The summed E-state index contributed by atoms with van der Waals surface area (Å²) in [7, 11) is 0. The van der Waals surface area contributed by atoms with Crippen LogP contribution in [0.3, 0.4) is 0 Å². The lowest BCUT2D eigenvalue weighted by Crippen LogP contribution is -2.02. The standard InChI is InChI=1S/C15H13FN2O2/c1-10-6-11(8-12(16)7-10)9-17-18-14-5-3-2-4-13(14)15(19)20/h2-9,18H,1H3,(H,19,20)/b17-9-. The Morgan fingerprint density at radius 1 is 1.30 bits per heavy atom. The topological polar surface area (TPSA) is 61.7 Å². The minimum atomic E-state index is -1.04. The molecule has 0 spiro atoms. The lowest BCUT2D eigenvalue weighted by atomic mass is 10.1. The molecular formula is C15H13FN2O2. The van der Waals surface area contributed by atoms with E-state index in [9.17, 15) is 9.18 Å². The molecule has 0 saturated heterocycles. The first kappa shape index (κ1) is 13.7. The van der Waals surface area contributed by atoms with E-state index in [1.165, 1.54) is 24.4 Å². The Morgan fingerprint density at radius 3 is 2.75 bits per heavy atom. The number of para-hydroxylation sites is 1. The highest BCUT2D eigenvalue weighted by Crippen LogP contribution is 2.14. The van der Waals surface area contributed by atoms with Crippen LogP contribution in [0.1, 0.15) is 21.5 Å². The Hall–Kier alpha value is -2.69. The van der Waals surface area contributed by atoms with Gasteiger partial charge in [-0.2, -0.15) is 5.10 Å². The van der Waals surface area contributed by atoms with Crippen molar-refractivity contribution in [1.29, 1.82) is 0 Å². The van der Waals surface area contributed by atoms with Crippen LogP contribution in [0.5, 0.6) is 0 Å². The number of hydrazone groups is 1. The van der Waals surface area contributed by atoms with Gasteiger partial charge in [0.05, 0.1) is 17.5 Å². The van der Waals surface area contributed by atoms with Gasteiger partial charge in [0.25, 0.3) is 0 Å². The average Bonchev–Trinajstić information content (AvgIpc) is 2.38. The second-order valence-corrected chi connectivity index (χ2v) is 4.28. The van der Waals surface area contributed by atoms with E-state index in [0.29, 0.717) is 11.3 Å². The molecule has 0 amide bonds. The zero-order valence-electron chi connectivity index (χ0n) is 10.8. The molecule has 2 aromatic carbocycles. The summed E-state index contributed by atoms with van der Waals surface area (Å²) in [5.41, 5.74) is 4.54. The fourth-order valence-electron chi connectivity index (χ4n) is 1.78. The van der Waals surface area contributed by atoms with Crippen molar-refractivity contribution in [1.82, 2.24) is 0 Å². The van der Waals surface area contributed by atoms with Crippen LogP contribution in [0.25, 0.3) is 0 Å². The van der Waals surface area contributed by atoms with Gasteiger partial charge >= 0.3 is 5.97 Å². The van der Waals surface area contributed by atoms with Gasteiger partial charge in [-0.25, -0.2) is 9.18 Å². The van der Waals surface area contributed by atoms with E-state index in [0.717, 1.165) is 5.56 Å². The molecule has 0 fully saturated rings. The van der Waals surface area contributed by atoms with Crippen molar-refractivity contribution in [2.45, 2.75) is 6.92 Å². The summed E-state index contributed by atoms with van der Waals surface area (Å²) in [4.78, 5) is 11.0. The van der Waals surface area contributed by atoms with E-state index in [1.807, 2.05) is 0 Å². The van der Waals surface area contributed by atoms with Crippen LogP contribution in [-0.2, 0) is 0 Å². The molecule has 2 N–H and O–H groups in total. The summed E-state index contributed by atoms with van der Waals surface area (Å²) in [6.07, 6.45) is 1.44. The second-order valence-electron chi connectivity index (χ2n) is 4.28. The Kier molecular flexibility index (Phi) is 4.10. The van der Waals surface area contributed by atoms with Crippen LogP contribution in [0.4, 0.5) is 10.1 Å². The predicted molar refractivity (Wildman–Crippen MR) is 75.8 cm³/mol. The lowest BCUT2D eigenvalue weighted by molar-refractivity contribution is 0.0698. The number of nitrogens with one attached hydrogen (secondary N) is 1. The summed E-state index contributed by atoms with van der Waals surface area (Å²) < 4.78 is 13.2. The first-order valence-electron chi connectivity index (χ1n) is 5.95. The van der Waals surface area contributed by atoms with E-state index in [-0.39, 0.29) is 11.4 Å². The number of benzene rings is 2. The second kappa shape index (κ2) is 5.97. The quantitative estimate of drug-likeness (QED) is 0.663. The van der Waals surface area contributed by atoms with Gasteiger partial charge in [0.2, 0.25) is 0 Å². The molecule has 0 unspecified atom stereocenters. The molecule has 0 aliphatic carbocycles. The Bertz CT molecular complexity index is 648. The Labute approximate surface area is 115 Å². The van der Waals surface area contributed by atoms with Crippen LogP contribution in [0, 0.1) is 12.7 Å². The van der Waals surface area contributed by atoms with Gasteiger partial charge in [-0.05, 0) is 42.3 Å². The zero-order chi connectivity index (χ0) is 14.5. The zero-order valence-corrected chi connectivity index (χ0v) is 10.8. The molecule has 0 radical (unpaired) electrons. The average molecular weight is 272 g/mol. The number of carbonyl (C=O) groups is 1. The third-order valence-electron chi connectivity index (χ3n) is 2.62. The molecular weight excluding hydrogens is 259 g/mol. The number of aromatic carboxylic acids is 1. The molecule has 4 nitrogen and oxygen atoms in total. The van der Waals surface area contributed by atoms with Crippen molar-refractivity contribution >= 4 is 17.9 Å². The summed E-state index contributed by atoms with van der Waals surface area (Å²) in [6.45, 7) is 1.79. The van der Waals surface area contributed by atoms with Gasteiger partial charge < -0.3 is 5.11 Å². The maximum absolute atomic E-state index is 13.2. The number of anilines is 1. The summed E-state index contributed by atoms with van der Waals surface area (Å²) >= 11 is 0. The SMILES string of the molecule is Cc1cc(F)cc(/C=N\Nc2ccccc2C(=O)O)c1. The molecule has 0 aliphatic heterocycles. The van der Waals surface area contributed by atoms with Gasteiger partial charge in [-0.15, -0.1) is 0 Å². The maximum atomic E-state index is 13.2. The van der Waals surface area contributed by atoms with Crippen LogP contribution in [0.2, 0.25) is 0 Å². The predicted octanol–water partition coefficient (Wildman–Crippen LogP) is 3.28. The highest BCUT2D eigenvalue weighted by Gasteiger charge is 2.07. The summed E-state index contributed by atoms with van der Waals surface area (Å²) in [6, 6.07) is 11.0. The summed E-state index contributed by atoms with van der Waals surface area (Å²) in [5.74, 6) is -1.37. The maximum Gasteiger partial charge on any atom is 0.337 e. The van der Waals surface area contributed by atoms with Crippen LogP contribution in [-0.4, -0.2) is 17.3 Å². The van der Waals surface area contributed by atoms with Gasteiger partial charge in [-0.3, -0.25) is 5.43 Å². The largest absolute Gasteiger partial charge is 0.478 e. The van der Waals surface area contributed by atoms with Gasteiger partial charge in [0, 0.05) is 0 Å². The van der Waals surface area contributed by atoms with E-state index in [2.05, 4.69) is 10.5 Å². The number of hydrogen-bond acceptors (Lipinski definition) is 3. The molecule has 102 valence electrons. The molecule has 5 heteroatoms. The lowest BCUT2D eigenvalue weighted by Gasteiger charge is -2.04. The van der Waals surface area contributed by atoms with Crippen molar-refractivity contribution < 1.29 is 14.3 Å². The van der Waals surface area contributed by atoms with E-state index in [4.69, 9.17) is 5.11 Å². The first-order chi connectivity index (χ1) is 9.56. The molecule has 2 rings (SSSR count). The highest BCUT2D eigenvalue weighted by molar-refractivity contribution is 5.94. The number of carboxylic acid groups (broad SMARTS) is 1. The molecule has 0 bridgehead atoms. The van der Waals surface area contributed by atoms with Crippen molar-refractivity contribution in [3.63, 3.8) is 0 Å². The van der Waals surface area contributed by atoms with Gasteiger partial charge in [0.15, 0.2) is 0 Å². The minimum Gasteiger partial charge on any atom is -0.478 e. The first-order valence-corrected chi connectivity index (χ1v) is 5.95. The molecule has 0 heterocycles. The number of carboxylic acids is 1. The summed E-state index contributed by atoms with van der Waals surface area (Å²) in [5, 5.41) is 12.9. The molecule has 0 atom stereocenters. The van der Waals surface area contributed by atoms with Crippen LogP contribution >= 0.6 is 0 Å². The van der Waals surface area contributed by atoms with Crippen molar-refractivity contribution in [3.05, 3.63) is 65.0 Å². The molecule has 0 aliphatic rings. The van der Waals surface area contributed by atoms with Crippen molar-refractivity contribution in [2.24, 2.45) is 5.10 Å². The fourth-order valence-corrected chi connectivity index (χ4v) is 1.78. The highest BCUT2D eigenvalue weighted by atomic mass is 19.1. The molecule has 20 heavy (non-hydrogen) atoms.